The molecule has 0 saturated heterocycles. The van der Waals surface area contributed by atoms with Crippen LogP contribution in [0.3, 0.4) is 0 Å². The molecule has 0 bridgehead atoms. The van der Waals surface area contributed by atoms with Crippen LogP contribution in [0, 0.1) is 13.8 Å². The van der Waals surface area contributed by atoms with E-state index in [1.807, 2.05) is 58.3 Å². The fourth-order valence-corrected chi connectivity index (χ4v) is 9.89. The van der Waals surface area contributed by atoms with E-state index >= 15 is 0 Å². The van der Waals surface area contributed by atoms with E-state index in [0.29, 0.717) is 38.8 Å². The molecule has 0 spiro atoms. The SMILES string of the molecule is CCCCP(=O)(CN(CCN(CCOOC(C)(C)C)CCOS(=O)(=O)c1ccc(C)cc1)CCN(CCOS(=O)(=O)c1ccc(C)cc1)CC(=O)OC(C)(C)C)OCC. The average molecular weight is 892 g/mol. The number of unbranched alkanes of at least 4 members (excludes halogenated alkanes) is 1. The van der Waals surface area contributed by atoms with Crippen LogP contribution in [0.25, 0.3) is 0 Å². The van der Waals surface area contributed by atoms with E-state index in [1.54, 1.807) is 49.9 Å². The molecule has 2 aromatic rings. The van der Waals surface area contributed by atoms with Crippen molar-refractivity contribution in [2.24, 2.45) is 0 Å². The minimum absolute atomic E-state index is 0.0322. The Balaban J connectivity index is 2.31. The summed E-state index contributed by atoms with van der Waals surface area (Å²) in [6.45, 7) is 20.5. The molecule has 0 saturated carbocycles. The summed E-state index contributed by atoms with van der Waals surface area (Å²) in [4.78, 5) is 29.8. The predicted molar refractivity (Wildman–Crippen MR) is 230 cm³/mol. The molecular formula is C41H70N3O12PS2. The number of benzene rings is 2. The van der Waals surface area contributed by atoms with Gasteiger partial charge >= 0.3 is 5.97 Å². The number of carbonyl (C=O) groups is 1. The van der Waals surface area contributed by atoms with Gasteiger partial charge in [-0.3, -0.25) is 32.4 Å². The van der Waals surface area contributed by atoms with Gasteiger partial charge in [0.25, 0.3) is 20.2 Å². The van der Waals surface area contributed by atoms with Crippen molar-refractivity contribution in [2.45, 2.75) is 103 Å². The van der Waals surface area contributed by atoms with Crippen molar-refractivity contribution in [3.63, 3.8) is 0 Å². The van der Waals surface area contributed by atoms with Gasteiger partial charge in [-0.15, -0.1) is 0 Å². The first-order valence-corrected chi connectivity index (χ1v) is 25.1. The van der Waals surface area contributed by atoms with Gasteiger partial charge in [0.05, 0.1) is 54.7 Å². The molecule has 1 atom stereocenters. The quantitative estimate of drug-likeness (QED) is 0.0217. The molecule has 0 aliphatic carbocycles. The molecule has 0 heterocycles. The summed E-state index contributed by atoms with van der Waals surface area (Å²) < 4.78 is 88.4. The van der Waals surface area contributed by atoms with Crippen LogP contribution in [0.2, 0.25) is 0 Å². The number of hydrogen-bond acceptors (Lipinski definition) is 15. The molecule has 1 unspecified atom stereocenters. The lowest BCUT2D eigenvalue weighted by Gasteiger charge is -2.32. The highest BCUT2D eigenvalue weighted by atomic mass is 32.2. The molecular weight excluding hydrogens is 822 g/mol. The summed E-state index contributed by atoms with van der Waals surface area (Å²) in [6, 6.07) is 12.8. The molecule has 2 rings (SSSR count). The second-order valence-corrected chi connectivity index (χ2v) is 22.3. The number of rotatable bonds is 29. The van der Waals surface area contributed by atoms with E-state index in [4.69, 9.17) is 27.4 Å². The monoisotopic (exact) mass is 891 g/mol. The van der Waals surface area contributed by atoms with Crippen molar-refractivity contribution in [1.82, 2.24) is 14.7 Å². The standard InChI is InChI=1S/C41H70N3O12PS2/c1-11-13-32-57(46,52-12-2)34-44(24-22-42(26-29-51-56-41(8,9)10)27-30-53-58(47,48)37-18-14-35(3)15-19-37)25-23-43(33-39(45)55-40(5,6)7)28-31-54-59(49,50)38-20-16-36(4)17-21-38/h14-21H,11-13,22-34H2,1-10H3. The number of hydrogen-bond donors (Lipinski definition) is 0. The maximum atomic E-state index is 14.2. The highest BCUT2D eigenvalue weighted by Crippen LogP contribution is 2.48. The minimum atomic E-state index is -4.05. The van der Waals surface area contributed by atoms with Crippen LogP contribution in [-0.2, 0) is 57.0 Å². The van der Waals surface area contributed by atoms with E-state index < -0.39 is 44.8 Å². The van der Waals surface area contributed by atoms with Crippen molar-refractivity contribution < 1.29 is 53.6 Å². The molecule has 0 aliphatic rings. The molecule has 0 N–H and O–H groups in total. The highest BCUT2D eigenvalue weighted by Gasteiger charge is 2.28. The summed E-state index contributed by atoms with van der Waals surface area (Å²) in [5, 5.41) is 0. The maximum Gasteiger partial charge on any atom is 0.320 e. The number of nitrogens with zero attached hydrogens (tertiary/aromatic N) is 3. The lowest BCUT2D eigenvalue weighted by molar-refractivity contribution is -0.349. The van der Waals surface area contributed by atoms with E-state index in [1.165, 1.54) is 24.3 Å². The van der Waals surface area contributed by atoms with Crippen molar-refractivity contribution in [3.05, 3.63) is 59.7 Å². The summed E-state index contributed by atoms with van der Waals surface area (Å²) in [6.07, 6.45) is 2.08. The second-order valence-electron chi connectivity index (χ2n) is 16.5. The van der Waals surface area contributed by atoms with Gasteiger partial charge in [0.15, 0.2) is 0 Å². The molecule has 0 aliphatic heterocycles. The molecule has 18 heteroatoms. The smallest absolute Gasteiger partial charge is 0.320 e. The van der Waals surface area contributed by atoms with Crippen molar-refractivity contribution in [2.75, 3.05) is 91.2 Å². The third kappa shape index (κ3) is 22.4. The maximum absolute atomic E-state index is 14.2. The summed E-state index contributed by atoms with van der Waals surface area (Å²) >= 11 is 0. The zero-order valence-corrected chi connectivity index (χ0v) is 39.5. The molecule has 0 amide bonds. The molecule has 338 valence electrons. The van der Waals surface area contributed by atoms with E-state index in [2.05, 4.69) is 0 Å². The number of carbonyl (C=O) groups excluding carboxylic acids is 1. The first-order valence-electron chi connectivity index (χ1n) is 20.3. The number of esters is 1. The van der Waals surface area contributed by atoms with Gasteiger partial charge in [0, 0.05) is 52.0 Å². The highest BCUT2D eigenvalue weighted by molar-refractivity contribution is 7.87. The van der Waals surface area contributed by atoms with Crippen LogP contribution in [0.4, 0.5) is 0 Å². The largest absolute Gasteiger partial charge is 0.459 e. The summed E-state index contributed by atoms with van der Waals surface area (Å²) in [5.41, 5.74) is 0.559. The second kappa shape index (κ2) is 25.0. The average Bonchev–Trinajstić information content (AvgIpc) is 3.12. The molecule has 0 fully saturated rings. The number of aryl methyl sites for hydroxylation is 2. The topological polar surface area (TPSA) is 168 Å². The first-order chi connectivity index (χ1) is 27.5. The Hall–Kier alpha value is -2.28. The minimum Gasteiger partial charge on any atom is -0.459 e. The van der Waals surface area contributed by atoms with Crippen LogP contribution in [0.5, 0.6) is 0 Å². The number of ether oxygens (including phenoxy) is 1. The third-order valence-electron chi connectivity index (χ3n) is 8.58. The lowest BCUT2D eigenvalue weighted by atomic mass is 10.2. The first kappa shape index (κ1) is 52.9. The molecule has 2 aromatic carbocycles. The molecule has 0 radical (unpaired) electrons. The fraction of sp³-hybridized carbons (Fsp3) is 0.683. The van der Waals surface area contributed by atoms with Crippen LogP contribution < -0.4 is 0 Å². The Kier molecular flexibility index (Phi) is 22.4. The van der Waals surface area contributed by atoms with Gasteiger partial charge in [-0.25, -0.2) is 9.78 Å². The predicted octanol–water partition coefficient (Wildman–Crippen LogP) is 6.48. The molecule has 0 aromatic heterocycles. The van der Waals surface area contributed by atoms with E-state index in [0.717, 1.165) is 17.5 Å². The zero-order valence-electron chi connectivity index (χ0n) is 36.9. The normalized spacial score (nSPS) is 14.0. The van der Waals surface area contributed by atoms with Crippen LogP contribution in [-0.4, -0.2) is 140 Å². The van der Waals surface area contributed by atoms with Gasteiger partial charge < -0.3 is 9.26 Å². The van der Waals surface area contributed by atoms with Crippen LogP contribution in [0.1, 0.15) is 79.4 Å². The molecule has 15 nitrogen and oxygen atoms in total. The Morgan fingerprint density at radius 1 is 0.644 bits per heavy atom. The lowest BCUT2D eigenvalue weighted by Crippen LogP contribution is -2.44. The Labute approximate surface area is 354 Å². The van der Waals surface area contributed by atoms with Gasteiger partial charge in [-0.05, 0) is 93.0 Å². The van der Waals surface area contributed by atoms with Crippen LogP contribution >= 0.6 is 7.37 Å². The van der Waals surface area contributed by atoms with Crippen molar-refractivity contribution in [1.29, 1.82) is 0 Å². The zero-order chi connectivity index (χ0) is 44.3. The van der Waals surface area contributed by atoms with Gasteiger partial charge in [0.1, 0.15) is 5.60 Å². The van der Waals surface area contributed by atoms with Gasteiger partial charge in [0.2, 0.25) is 7.37 Å². The Morgan fingerprint density at radius 3 is 1.56 bits per heavy atom. The Bertz CT molecular complexity index is 1800. The Morgan fingerprint density at radius 2 is 1.10 bits per heavy atom. The van der Waals surface area contributed by atoms with Gasteiger partial charge in [-0.1, -0.05) is 48.7 Å². The third-order valence-corrected chi connectivity index (χ3v) is 13.8. The van der Waals surface area contributed by atoms with E-state index in [-0.39, 0.29) is 68.7 Å². The summed E-state index contributed by atoms with van der Waals surface area (Å²) in [5.74, 6) is -0.488. The van der Waals surface area contributed by atoms with Gasteiger partial charge in [-0.2, -0.15) is 16.8 Å². The summed E-state index contributed by atoms with van der Waals surface area (Å²) in [7, 11) is -11.2. The van der Waals surface area contributed by atoms with E-state index in [9.17, 15) is 26.2 Å². The van der Waals surface area contributed by atoms with Crippen molar-refractivity contribution in [3.8, 4) is 0 Å². The fourth-order valence-electron chi connectivity index (χ4n) is 5.58. The van der Waals surface area contributed by atoms with Crippen LogP contribution in [0.15, 0.2) is 58.3 Å². The molecule has 59 heavy (non-hydrogen) atoms. The van der Waals surface area contributed by atoms with Crippen molar-refractivity contribution >= 4 is 33.6 Å².